The molecule has 1 aromatic heterocycles. The zero-order valence-electron chi connectivity index (χ0n) is 15.0. The van der Waals surface area contributed by atoms with Gasteiger partial charge in [0, 0.05) is 18.7 Å². The molecule has 2 N–H and O–H groups in total. The Morgan fingerprint density at radius 1 is 1.15 bits per heavy atom. The summed E-state index contributed by atoms with van der Waals surface area (Å²) in [4.78, 5) is 14.2. The van der Waals surface area contributed by atoms with Crippen molar-refractivity contribution in [3.8, 4) is 22.9 Å². The van der Waals surface area contributed by atoms with E-state index in [0.717, 1.165) is 31.5 Å². The summed E-state index contributed by atoms with van der Waals surface area (Å²) in [6.07, 6.45) is 3.35. The number of rotatable bonds is 6. The third kappa shape index (κ3) is 3.87. The number of methoxy groups -OCH3 is 2. The lowest BCUT2D eigenvalue weighted by Gasteiger charge is -2.26. The highest BCUT2D eigenvalue weighted by Gasteiger charge is 2.19. The van der Waals surface area contributed by atoms with Crippen molar-refractivity contribution in [2.75, 3.05) is 38.9 Å². The number of nitrogens with two attached hydrogens (primary N) is 1. The summed E-state index contributed by atoms with van der Waals surface area (Å²) in [5.41, 5.74) is 0.756. The number of thioether (sulfide) groups is 1. The summed E-state index contributed by atoms with van der Waals surface area (Å²) in [5, 5.41) is 8.77. The maximum Gasteiger partial charge on any atom is 0.233 e. The van der Waals surface area contributed by atoms with E-state index in [1.54, 1.807) is 26.4 Å². The van der Waals surface area contributed by atoms with Gasteiger partial charge in [-0.25, -0.2) is 4.68 Å². The number of aromatic nitrogens is 3. The van der Waals surface area contributed by atoms with Crippen LogP contribution in [-0.2, 0) is 4.79 Å². The van der Waals surface area contributed by atoms with E-state index in [2.05, 4.69) is 10.2 Å². The van der Waals surface area contributed by atoms with Crippen LogP contribution in [0.5, 0.6) is 11.5 Å². The number of carbonyl (C=O) groups is 1. The number of hydrogen-bond acceptors (Lipinski definition) is 7. The van der Waals surface area contributed by atoms with Crippen LogP contribution >= 0.6 is 11.8 Å². The molecule has 8 nitrogen and oxygen atoms in total. The standard InChI is InChI=1S/C17H23N5O3S/c1-24-13-7-6-12(10-14(13)25-2)16-19-20-17(22(16)18)26-11-15(23)21-8-4-3-5-9-21/h6-7,10H,3-5,8-9,11,18H2,1-2H3. The molecule has 1 aromatic carbocycles. The molecule has 0 bridgehead atoms. The smallest absolute Gasteiger partial charge is 0.233 e. The predicted octanol–water partition coefficient (Wildman–Crippen LogP) is 1.78. The summed E-state index contributed by atoms with van der Waals surface area (Å²) >= 11 is 1.30. The number of ether oxygens (including phenoxy) is 2. The van der Waals surface area contributed by atoms with Crippen LogP contribution in [0, 0.1) is 0 Å². The van der Waals surface area contributed by atoms with Crippen molar-refractivity contribution >= 4 is 17.7 Å². The van der Waals surface area contributed by atoms with E-state index in [1.807, 2.05) is 11.0 Å². The van der Waals surface area contributed by atoms with Crippen molar-refractivity contribution in [3.05, 3.63) is 18.2 Å². The van der Waals surface area contributed by atoms with Gasteiger partial charge in [0.25, 0.3) is 0 Å². The Kier molecular flexibility index (Phi) is 5.87. The van der Waals surface area contributed by atoms with Crippen molar-refractivity contribution in [1.29, 1.82) is 0 Å². The first kappa shape index (κ1) is 18.4. The molecule has 0 spiro atoms. The van der Waals surface area contributed by atoms with E-state index < -0.39 is 0 Å². The molecule has 0 atom stereocenters. The normalized spacial score (nSPS) is 14.3. The van der Waals surface area contributed by atoms with E-state index in [9.17, 15) is 4.79 Å². The van der Waals surface area contributed by atoms with Crippen LogP contribution in [0.1, 0.15) is 19.3 Å². The minimum atomic E-state index is 0.116. The van der Waals surface area contributed by atoms with Gasteiger partial charge in [0.15, 0.2) is 17.3 Å². The Morgan fingerprint density at radius 3 is 2.58 bits per heavy atom. The molecular formula is C17H23N5O3S. The summed E-state index contributed by atoms with van der Waals surface area (Å²) in [6.45, 7) is 1.68. The Morgan fingerprint density at radius 2 is 1.88 bits per heavy atom. The van der Waals surface area contributed by atoms with Crippen molar-refractivity contribution in [2.24, 2.45) is 0 Å². The molecule has 0 saturated carbocycles. The molecule has 0 radical (unpaired) electrons. The van der Waals surface area contributed by atoms with Gasteiger partial charge in [-0.3, -0.25) is 4.79 Å². The van der Waals surface area contributed by atoms with E-state index in [4.69, 9.17) is 15.3 Å². The number of nitrogen functional groups attached to an aromatic ring is 1. The number of carbonyl (C=O) groups excluding carboxylic acids is 1. The SMILES string of the molecule is COc1ccc(-c2nnc(SCC(=O)N3CCCCC3)n2N)cc1OC. The zero-order valence-corrected chi connectivity index (χ0v) is 15.8. The van der Waals surface area contributed by atoms with Gasteiger partial charge in [-0.1, -0.05) is 11.8 Å². The highest BCUT2D eigenvalue weighted by Crippen LogP contribution is 2.32. The fourth-order valence-electron chi connectivity index (χ4n) is 2.91. The largest absolute Gasteiger partial charge is 0.493 e. The van der Waals surface area contributed by atoms with Gasteiger partial charge in [0.1, 0.15) is 0 Å². The van der Waals surface area contributed by atoms with Crippen LogP contribution in [0.2, 0.25) is 0 Å². The second kappa shape index (κ2) is 8.31. The highest BCUT2D eigenvalue weighted by atomic mass is 32.2. The quantitative estimate of drug-likeness (QED) is 0.605. The molecule has 2 heterocycles. The highest BCUT2D eigenvalue weighted by molar-refractivity contribution is 7.99. The van der Waals surface area contributed by atoms with Gasteiger partial charge in [0.2, 0.25) is 11.1 Å². The summed E-state index contributed by atoms with van der Waals surface area (Å²) in [5.74, 6) is 8.27. The Balaban J connectivity index is 1.70. The minimum Gasteiger partial charge on any atom is -0.493 e. The predicted molar refractivity (Wildman–Crippen MR) is 99.9 cm³/mol. The Hall–Kier alpha value is -2.42. The van der Waals surface area contributed by atoms with Crippen LogP contribution in [0.3, 0.4) is 0 Å². The molecule has 1 aliphatic rings. The van der Waals surface area contributed by atoms with Gasteiger partial charge < -0.3 is 20.2 Å². The summed E-state index contributed by atoms with van der Waals surface area (Å²) in [7, 11) is 3.15. The maximum absolute atomic E-state index is 12.3. The topological polar surface area (TPSA) is 95.5 Å². The fraction of sp³-hybridized carbons (Fsp3) is 0.471. The van der Waals surface area contributed by atoms with Gasteiger partial charge >= 0.3 is 0 Å². The number of amides is 1. The molecule has 3 rings (SSSR count). The number of nitrogens with zero attached hydrogens (tertiary/aromatic N) is 4. The van der Waals surface area contributed by atoms with Crippen molar-refractivity contribution < 1.29 is 14.3 Å². The monoisotopic (exact) mass is 377 g/mol. The average molecular weight is 377 g/mol. The Bertz CT molecular complexity index is 774. The van der Waals surface area contributed by atoms with Crippen LogP contribution in [0.4, 0.5) is 0 Å². The van der Waals surface area contributed by atoms with Gasteiger partial charge in [-0.05, 0) is 37.5 Å². The molecule has 140 valence electrons. The van der Waals surface area contributed by atoms with Crippen LogP contribution < -0.4 is 15.3 Å². The lowest BCUT2D eigenvalue weighted by Crippen LogP contribution is -2.36. The third-order valence-electron chi connectivity index (χ3n) is 4.34. The molecule has 1 fully saturated rings. The lowest BCUT2D eigenvalue weighted by molar-refractivity contribution is -0.129. The van der Waals surface area contributed by atoms with Crippen LogP contribution in [0.25, 0.3) is 11.4 Å². The first-order valence-corrected chi connectivity index (χ1v) is 9.46. The first-order valence-electron chi connectivity index (χ1n) is 8.47. The number of benzene rings is 1. The van der Waals surface area contributed by atoms with Gasteiger partial charge in [0.05, 0.1) is 20.0 Å². The zero-order chi connectivity index (χ0) is 18.5. The van der Waals surface area contributed by atoms with Crippen molar-refractivity contribution in [1.82, 2.24) is 19.8 Å². The number of likely N-dealkylation sites (tertiary alicyclic amines) is 1. The molecule has 0 aliphatic carbocycles. The lowest BCUT2D eigenvalue weighted by atomic mass is 10.1. The fourth-order valence-corrected chi connectivity index (χ4v) is 3.67. The molecule has 1 amide bonds. The minimum absolute atomic E-state index is 0.116. The van der Waals surface area contributed by atoms with Crippen LogP contribution in [0.15, 0.2) is 23.4 Å². The molecule has 26 heavy (non-hydrogen) atoms. The summed E-state index contributed by atoms with van der Waals surface area (Å²) in [6, 6.07) is 5.41. The second-order valence-corrected chi connectivity index (χ2v) is 6.92. The molecule has 0 unspecified atom stereocenters. The third-order valence-corrected chi connectivity index (χ3v) is 5.27. The number of hydrogen-bond donors (Lipinski definition) is 1. The van der Waals surface area contributed by atoms with E-state index in [1.165, 1.54) is 22.9 Å². The molecule has 1 aliphatic heterocycles. The summed E-state index contributed by atoms with van der Waals surface area (Å²) < 4.78 is 12.0. The molecular weight excluding hydrogens is 354 g/mol. The first-order chi connectivity index (χ1) is 12.6. The second-order valence-electron chi connectivity index (χ2n) is 5.98. The van der Waals surface area contributed by atoms with Crippen LogP contribution in [-0.4, -0.2) is 58.7 Å². The van der Waals surface area contributed by atoms with E-state index in [0.29, 0.717) is 28.2 Å². The molecule has 2 aromatic rings. The molecule has 1 saturated heterocycles. The molecule has 9 heteroatoms. The number of piperidine rings is 1. The van der Waals surface area contributed by atoms with Crippen molar-refractivity contribution in [2.45, 2.75) is 24.4 Å². The van der Waals surface area contributed by atoms with Gasteiger partial charge in [-0.2, -0.15) is 0 Å². The van der Waals surface area contributed by atoms with E-state index in [-0.39, 0.29) is 5.91 Å². The maximum atomic E-state index is 12.3. The average Bonchev–Trinajstić information content (AvgIpc) is 3.06. The Labute approximate surface area is 156 Å². The van der Waals surface area contributed by atoms with Crippen molar-refractivity contribution in [3.63, 3.8) is 0 Å². The van der Waals surface area contributed by atoms with E-state index >= 15 is 0 Å². The van der Waals surface area contributed by atoms with Gasteiger partial charge in [-0.15, -0.1) is 10.2 Å².